The molecule has 0 spiro atoms. The average Bonchev–Trinajstić information content (AvgIpc) is 3.48. The Bertz CT molecular complexity index is 766. The summed E-state index contributed by atoms with van der Waals surface area (Å²) >= 11 is 1.69. The maximum absolute atomic E-state index is 4.80. The maximum Gasteiger partial charge on any atom is 0.191 e. The van der Waals surface area contributed by atoms with Crippen molar-refractivity contribution in [3.63, 3.8) is 0 Å². The third-order valence-electron chi connectivity index (χ3n) is 5.72. The highest BCUT2D eigenvalue weighted by atomic mass is 32.1. The van der Waals surface area contributed by atoms with E-state index in [1.807, 2.05) is 6.07 Å². The van der Waals surface area contributed by atoms with Crippen molar-refractivity contribution >= 4 is 17.3 Å². The Balaban J connectivity index is 1.34. The van der Waals surface area contributed by atoms with E-state index in [9.17, 15) is 0 Å². The second kappa shape index (κ2) is 9.52. The Morgan fingerprint density at radius 2 is 2.04 bits per heavy atom. The van der Waals surface area contributed by atoms with Crippen LogP contribution in [0.1, 0.15) is 44.7 Å². The lowest BCUT2D eigenvalue weighted by Crippen LogP contribution is -2.45. The van der Waals surface area contributed by atoms with Crippen LogP contribution in [-0.4, -0.2) is 47.6 Å². The van der Waals surface area contributed by atoms with Crippen molar-refractivity contribution in [3.8, 4) is 10.6 Å². The molecule has 2 aromatic rings. The summed E-state index contributed by atoms with van der Waals surface area (Å²) < 4.78 is 0. The molecule has 1 saturated heterocycles. The van der Waals surface area contributed by atoms with Gasteiger partial charge in [0.2, 0.25) is 0 Å². The summed E-state index contributed by atoms with van der Waals surface area (Å²) in [5.74, 6) is 0.912. The molecule has 1 aromatic carbocycles. The van der Waals surface area contributed by atoms with Gasteiger partial charge in [0.1, 0.15) is 5.01 Å². The van der Waals surface area contributed by atoms with Crippen LogP contribution in [0.25, 0.3) is 10.6 Å². The summed E-state index contributed by atoms with van der Waals surface area (Å²) in [6, 6.07) is 11.7. The summed E-state index contributed by atoms with van der Waals surface area (Å²) in [6.45, 7) is 5.96. The fourth-order valence-corrected chi connectivity index (χ4v) is 5.09. The Morgan fingerprint density at radius 3 is 2.82 bits per heavy atom. The van der Waals surface area contributed by atoms with Crippen LogP contribution in [0.3, 0.4) is 0 Å². The van der Waals surface area contributed by atoms with Gasteiger partial charge in [0, 0.05) is 42.7 Å². The summed E-state index contributed by atoms with van der Waals surface area (Å²) in [4.78, 5) is 12.2. The minimum Gasteiger partial charge on any atom is -0.357 e. The van der Waals surface area contributed by atoms with Crippen LogP contribution < -0.4 is 10.6 Å². The van der Waals surface area contributed by atoms with E-state index in [0.29, 0.717) is 12.6 Å². The normalized spacial score (nSPS) is 21.3. The Kier molecular flexibility index (Phi) is 6.60. The number of thiazole rings is 1. The van der Waals surface area contributed by atoms with Crippen molar-refractivity contribution < 1.29 is 0 Å². The molecular weight excluding hydrogens is 366 g/mol. The van der Waals surface area contributed by atoms with Crippen molar-refractivity contribution in [1.82, 2.24) is 20.5 Å². The molecular formula is C22H31N5S. The molecule has 0 amide bonds. The zero-order valence-corrected chi connectivity index (χ0v) is 17.5. The molecule has 1 aliphatic carbocycles. The van der Waals surface area contributed by atoms with Crippen LogP contribution in [0, 0.1) is 0 Å². The first-order chi connectivity index (χ1) is 13.8. The van der Waals surface area contributed by atoms with Gasteiger partial charge < -0.3 is 10.6 Å². The van der Waals surface area contributed by atoms with E-state index in [1.165, 1.54) is 44.2 Å². The molecule has 0 radical (unpaired) electrons. The van der Waals surface area contributed by atoms with Crippen LogP contribution in [0.2, 0.25) is 0 Å². The average molecular weight is 398 g/mol. The van der Waals surface area contributed by atoms with Gasteiger partial charge in [-0.25, -0.2) is 9.98 Å². The van der Waals surface area contributed by atoms with Crippen molar-refractivity contribution in [2.45, 2.75) is 57.7 Å². The lowest BCUT2D eigenvalue weighted by atomic mass is 10.2. The summed E-state index contributed by atoms with van der Waals surface area (Å²) in [5, 5.41) is 10.2. The fourth-order valence-electron chi connectivity index (χ4n) is 4.27. The molecule has 2 fully saturated rings. The molecule has 1 aromatic heterocycles. The topological polar surface area (TPSA) is 52.6 Å². The summed E-state index contributed by atoms with van der Waals surface area (Å²) in [7, 11) is 0. The predicted molar refractivity (Wildman–Crippen MR) is 118 cm³/mol. The number of aromatic nitrogens is 1. The van der Waals surface area contributed by atoms with E-state index in [0.717, 1.165) is 35.8 Å². The standard InChI is InChI=1S/C22H31N5S/c1-2-23-22(26-18-12-13-27(15-18)20-10-6-7-11-20)24-14-19-16-28-21(25-19)17-8-4-3-5-9-17/h3-5,8-9,16,18,20H,2,6-7,10-15H2,1H3,(H2,23,24,26). The molecule has 5 nitrogen and oxygen atoms in total. The van der Waals surface area contributed by atoms with Crippen LogP contribution in [0.15, 0.2) is 40.7 Å². The van der Waals surface area contributed by atoms with Gasteiger partial charge >= 0.3 is 0 Å². The highest BCUT2D eigenvalue weighted by Crippen LogP contribution is 2.26. The molecule has 1 atom stereocenters. The molecule has 1 aliphatic heterocycles. The molecule has 2 heterocycles. The van der Waals surface area contributed by atoms with Gasteiger partial charge in [-0.3, -0.25) is 4.90 Å². The largest absolute Gasteiger partial charge is 0.357 e. The van der Waals surface area contributed by atoms with E-state index in [2.05, 4.69) is 52.1 Å². The smallest absolute Gasteiger partial charge is 0.191 e. The number of benzene rings is 1. The highest BCUT2D eigenvalue weighted by molar-refractivity contribution is 7.13. The molecule has 2 aliphatic rings. The first-order valence-corrected chi connectivity index (χ1v) is 11.5. The third kappa shape index (κ3) is 4.92. The number of hydrogen-bond acceptors (Lipinski definition) is 4. The molecule has 1 unspecified atom stereocenters. The van der Waals surface area contributed by atoms with E-state index in [1.54, 1.807) is 11.3 Å². The third-order valence-corrected chi connectivity index (χ3v) is 6.66. The highest BCUT2D eigenvalue weighted by Gasteiger charge is 2.30. The zero-order valence-electron chi connectivity index (χ0n) is 16.7. The number of hydrogen-bond donors (Lipinski definition) is 2. The monoisotopic (exact) mass is 397 g/mol. The number of likely N-dealkylation sites (tertiary alicyclic amines) is 1. The van der Waals surface area contributed by atoms with Gasteiger partial charge in [0.05, 0.1) is 12.2 Å². The van der Waals surface area contributed by atoms with Crippen LogP contribution >= 0.6 is 11.3 Å². The molecule has 1 saturated carbocycles. The maximum atomic E-state index is 4.80. The van der Waals surface area contributed by atoms with Crippen molar-refractivity contribution in [1.29, 1.82) is 0 Å². The van der Waals surface area contributed by atoms with Crippen LogP contribution in [-0.2, 0) is 6.54 Å². The quantitative estimate of drug-likeness (QED) is 0.574. The SMILES string of the molecule is CCNC(=NCc1csc(-c2ccccc2)n1)NC1CCN(C2CCCC2)C1. The van der Waals surface area contributed by atoms with Gasteiger partial charge in [0.15, 0.2) is 5.96 Å². The molecule has 4 rings (SSSR count). The number of nitrogens with zero attached hydrogens (tertiary/aromatic N) is 3. The van der Waals surface area contributed by atoms with E-state index < -0.39 is 0 Å². The number of guanidine groups is 1. The molecule has 28 heavy (non-hydrogen) atoms. The fraction of sp³-hybridized carbons (Fsp3) is 0.545. The lowest BCUT2D eigenvalue weighted by molar-refractivity contribution is 0.242. The van der Waals surface area contributed by atoms with Gasteiger partial charge in [-0.05, 0) is 26.2 Å². The van der Waals surface area contributed by atoms with Crippen molar-refractivity contribution in [2.24, 2.45) is 4.99 Å². The van der Waals surface area contributed by atoms with Crippen LogP contribution in [0.5, 0.6) is 0 Å². The second-order valence-electron chi connectivity index (χ2n) is 7.77. The summed E-state index contributed by atoms with van der Waals surface area (Å²) in [5.41, 5.74) is 2.20. The first kappa shape index (κ1) is 19.4. The van der Waals surface area contributed by atoms with Gasteiger partial charge in [-0.15, -0.1) is 11.3 Å². The molecule has 2 N–H and O–H groups in total. The number of aliphatic imine (C=N–C) groups is 1. The Morgan fingerprint density at radius 1 is 1.21 bits per heavy atom. The van der Waals surface area contributed by atoms with Crippen molar-refractivity contribution in [3.05, 3.63) is 41.4 Å². The van der Waals surface area contributed by atoms with E-state index in [4.69, 9.17) is 9.98 Å². The van der Waals surface area contributed by atoms with Gasteiger partial charge in [-0.2, -0.15) is 0 Å². The minimum atomic E-state index is 0.494. The number of rotatable bonds is 6. The van der Waals surface area contributed by atoms with Crippen molar-refractivity contribution in [2.75, 3.05) is 19.6 Å². The van der Waals surface area contributed by atoms with Gasteiger partial charge in [0.25, 0.3) is 0 Å². The summed E-state index contributed by atoms with van der Waals surface area (Å²) in [6.07, 6.45) is 6.78. The van der Waals surface area contributed by atoms with Gasteiger partial charge in [-0.1, -0.05) is 43.2 Å². The Labute approximate surface area is 172 Å². The first-order valence-electron chi connectivity index (χ1n) is 10.6. The second-order valence-corrected chi connectivity index (χ2v) is 8.63. The molecule has 6 heteroatoms. The zero-order chi connectivity index (χ0) is 19.2. The predicted octanol–water partition coefficient (Wildman–Crippen LogP) is 3.88. The van der Waals surface area contributed by atoms with E-state index in [-0.39, 0.29) is 0 Å². The Hall–Kier alpha value is -1.92. The van der Waals surface area contributed by atoms with E-state index >= 15 is 0 Å². The number of nitrogens with one attached hydrogen (secondary N) is 2. The lowest BCUT2D eigenvalue weighted by Gasteiger charge is -2.24. The van der Waals surface area contributed by atoms with Crippen LogP contribution in [0.4, 0.5) is 0 Å². The molecule has 0 bridgehead atoms. The minimum absolute atomic E-state index is 0.494. The molecule has 150 valence electrons.